The first kappa shape index (κ1) is 11.8. The van der Waals surface area contributed by atoms with Gasteiger partial charge in [0.25, 0.3) is 0 Å². The monoisotopic (exact) mass is 234 g/mol. The Labute approximate surface area is 100 Å². The van der Waals surface area contributed by atoms with Gasteiger partial charge >= 0.3 is 0 Å². The van der Waals surface area contributed by atoms with Crippen molar-refractivity contribution in [2.75, 3.05) is 0 Å². The van der Waals surface area contributed by atoms with Crippen LogP contribution in [-0.2, 0) is 10.2 Å². The third kappa shape index (κ3) is 1.75. The van der Waals surface area contributed by atoms with Gasteiger partial charge in [-0.3, -0.25) is 4.79 Å². The van der Waals surface area contributed by atoms with Crippen LogP contribution in [0.1, 0.15) is 36.7 Å². The lowest BCUT2D eigenvalue weighted by atomic mass is 9.78. The van der Waals surface area contributed by atoms with E-state index in [0.29, 0.717) is 11.8 Å². The number of carbonyl (C=O) groups excluding carboxylic acids is 1. The molecule has 17 heavy (non-hydrogen) atoms. The number of halogens is 1. The maximum atomic E-state index is 14.2. The lowest BCUT2D eigenvalue weighted by Crippen LogP contribution is -2.31. The Bertz CT molecular complexity index is 493. The molecule has 1 aliphatic rings. The Morgan fingerprint density at radius 2 is 2.18 bits per heavy atom. The van der Waals surface area contributed by atoms with Gasteiger partial charge in [0, 0.05) is 5.56 Å². The largest absolute Gasteiger partial charge is 0.494 e. The van der Waals surface area contributed by atoms with Gasteiger partial charge in [0.1, 0.15) is 11.9 Å². The van der Waals surface area contributed by atoms with Crippen molar-refractivity contribution in [3.63, 3.8) is 0 Å². The van der Waals surface area contributed by atoms with Crippen molar-refractivity contribution in [3.05, 3.63) is 47.0 Å². The average Bonchev–Trinajstić information content (AvgIpc) is 2.53. The second-order valence-corrected chi connectivity index (χ2v) is 4.62. The maximum absolute atomic E-state index is 14.2. The predicted octanol–water partition coefficient (Wildman–Crippen LogP) is 3.22. The highest BCUT2D eigenvalue weighted by atomic mass is 19.1. The van der Waals surface area contributed by atoms with E-state index in [0.717, 1.165) is 5.76 Å². The van der Waals surface area contributed by atoms with Gasteiger partial charge in [0.05, 0.1) is 16.7 Å². The average molecular weight is 234 g/mol. The number of allylic oxidation sites excluding steroid dienone is 1. The van der Waals surface area contributed by atoms with Crippen LogP contribution in [0.4, 0.5) is 4.39 Å². The Morgan fingerprint density at radius 1 is 1.47 bits per heavy atom. The van der Waals surface area contributed by atoms with Crippen molar-refractivity contribution < 1.29 is 13.9 Å². The maximum Gasteiger partial charge on any atom is 0.153 e. The van der Waals surface area contributed by atoms with Crippen molar-refractivity contribution in [3.8, 4) is 0 Å². The van der Waals surface area contributed by atoms with E-state index in [2.05, 4.69) is 0 Å². The molecule has 2 rings (SSSR count). The van der Waals surface area contributed by atoms with Crippen molar-refractivity contribution >= 4 is 6.29 Å². The highest BCUT2D eigenvalue weighted by Crippen LogP contribution is 2.39. The minimum Gasteiger partial charge on any atom is -0.494 e. The van der Waals surface area contributed by atoms with Crippen LogP contribution in [0.2, 0.25) is 0 Å². The smallest absolute Gasteiger partial charge is 0.153 e. The van der Waals surface area contributed by atoms with Crippen LogP contribution < -0.4 is 0 Å². The minimum absolute atomic E-state index is 0.0916. The molecular weight excluding hydrogens is 219 g/mol. The van der Waals surface area contributed by atoms with E-state index >= 15 is 0 Å². The molecule has 1 aliphatic heterocycles. The van der Waals surface area contributed by atoms with E-state index < -0.39 is 11.2 Å². The molecule has 1 aromatic carbocycles. The summed E-state index contributed by atoms with van der Waals surface area (Å²) in [5, 5.41) is 0. The summed E-state index contributed by atoms with van der Waals surface area (Å²) in [5.74, 6) is 0.335. The number of aldehydes is 1. The van der Waals surface area contributed by atoms with E-state index in [1.54, 1.807) is 12.1 Å². The van der Waals surface area contributed by atoms with Crippen LogP contribution >= 0.6 is 0 Å². The van der Waals surface area contributed by atoms with Crippen molar-refractivity contribution in [2.24, 2.45) is 0 Å². The Kier molecular flexibility index (Phi) is 2.77. The van der Waals surface area contributed by atoms with E-state index in [-0.39, 0.29) is 11.7 Å². The lowest BCUT2D eigenvalue weighted by Gasteiger charge is -2.27. The second kappa shape index (κ2) is 3.99. The van der Waals surface area contributed by atoms with Crippen molar-refractivity contribution in [2.45, 2.75) is 32.3 Å². The standard InChI is InChI=1S/C14H15FO2/c1-9-7-14(3,10(2)17-9)12-6-4-5-11(8-16)13(12)15/h4-8,10H,1-3H3. The van der Waals surface area contributed by atoms with Crippen LogP contribution in [0, 0.1) is 5.82 Å². The first-order chi connectivity index (χ1) is 7.99. The van der Waals surface area contributed by atoms with E-state index in [1.807, 2.05) is 26.8 Å². The minimum atomic E-state index is -0.521. The van der Waals surface area contributed by atoms with Crippen molar-refractivity contribution in [1.29, 1.82) is 0 Å². The molecule has 0 amide bonds. The van der Waals surface area contributed by atoms with Gasteiger partial charge in [-0.05, 0) is 32.9 Å². The molecule has 0 fully saturated rings. The van der Waals surface area contributed by atoms with Crippen LogP contribution in [0.3, 0.4) is 0 Å². The Hall–Kier alpha value is -1.64. The second-order valence-electron chi connectivity index (χ2n) is 4.62. The van der Waals surface area contributed by atoms with Gasteiger partial charge < -0.3 is 4.74 Å². The summed E-state index contributed by atoms with van der Waals surface area (Å²) >= 11 is 0. The molecule has 2 atom stereocenters. The lowest BCUT2D eigenvalue weighted by molar-refractivity contribution is 0.111. The highest BCUT2D eigenvalue weighted by molar-refractivity contribution is 5.75. The molecule has 90 valence electrons. The summed E-state index contributed by atoms with van der Waals surface area (Å²) in [6.45, 7) is 5.67. The van der Waals surface area contributed by atoms with Gasteiger partial charge in [0.15, 0.2) is 6.29 Å². The zero-order valence-corrected chi connectivity index (χ0v) is 10.2. The number of ether oxygens (including phenoxy) is 1. The SMILES string of the molecule is CC1=CC(C)(c2cccc(C=O)c2F)C(C)O1. The molecule has 0 spiro atoms. The van der Waals surface area contributed by atoms with Crippen LogP contribution in [0.5, 0.6) is 0 Å². The number of carbonyl (C=O) groups is 1. The number of rotatable bonds is 2. The highest BCUT2D eigenvalue weighted by Gasteiger charge is 2.39. The summed E-state index contributed by atoms with van der Waals surface area (Å²) in [4.78, 5) is 10.8. The molecule has 0 N–H and O–H groups in total. The van der Waals surface area contributed by atoms with E-state index in [9.17, 15) is 9.18 Å². The third-order valence-electron chi connectivity index (χ3n) is 3.45. The fourth-order valence-electron chi connectivity index (χ4n) is 2.33. The third-order valence-corrected chi connectivity index (χ3v) is 3.45. The quantitative estimate of drug-likeness (QED) is 0.734. The summed E-state index contributed by atoms with van der Waals surface area (Å²) in [7, 11) is 0. The van der Waals surface area contributed by atoms with Crippen LogP contribution in [-0.4, -0.2) is 12.4 Å². The molecule has 0 radical (unpaired) electrons. The Balaban J connectivity index is 2.58. The topological polar surface area (TPSA) is 26.3 Å². The molecular formula is C14H15FO2. The molecule has 0 aromatic heterocycles. The molecule has 1 aromatic rings. The molecule has 1 heterocycles. The predicted molar refractivity (Wildman–Crippen MR) is 63.4 cm³/mol. The number of hydrogen-bond donors (Lipinski definition) is 0. The molecule has 3 heteroatoms. The summed E-state index contributed by atoms with van der Waals surface area (Å²) in [6.07, 6.45) is 2.31. The van der Waals surface area contributed by atoms with Gasteiger partial charge in [0.2, 0.25) is 0 Å². The molecule has 0 saturated carbocycles. The molecule has 0 bridgehead atoms. The first-order valence-electron chi connectivity index (χ1n) is 5.59. The van der Waals surface area contributed by atoms with Gasteiger partial charge in [-0.1, -0.05) is 12.1 Å². The van der Waals surface area contributed by atoms with Gasteiger partial charge in [-0.2, -0.15) is 0 Å². The summed E-state index contributed by atoms with van der Waals surface area (Å²) in [6, 6.07) is 4.88. The fraction of sp³-hybridized carbons (Fsp3) is 0.357. The van der Waals surface area contributed by atoms with Crippen LogP contribution in [0.25, 0.3) is 0 Å². The van der Waals surface area contributed by atoms with Crippen LogP contribution in [0.15, 0.2) is 30.0 Å². The van der Waals surface area contributed by atoms with Gasteiger partial charge in [-0.15, -0.1) is 0 Å². The zero-order valence-electron chi connectivity index (χ0n) is 10.2. The summed E-state index contributed by atoms with van der Waals surface area (Å²) < 4.78 is 19.7. The molecule has 0 aliphatic carbocycles. The van der Waals surface area contributed by atoms with Gasteiger partial charge in [-0.25, -0.2) is 4.39 Å². The molecule has 2 unspecified atom stereocenters. The van der Waals surface area contributed by atoms with Crippen molar-refractivity contribution in [1.82, 2.24) is 0 Å². The normalized spacial score (nSPS) is 27.5. The first-order valence-corrected chi connectivity index (χ1v) is 5.59. The zero-order chi connectivity index (χ0) is 12.6. The Morgan fingerprint density at radius 3 is 2.71 bits per heavy atom. The number of hydrogen-bond acceptors (Lipinski definition) is 2. The molecule has 2 nitrogen and oxygen atoms in total. The molecule has 0 saturated heterocycles. The number of benzene rings is 1. The van der Waals surface area contributed by atoms with E-state index in [4.69, 9.17) is 4.74 Å². The fourth-order valence-corrected chi connectivity index (χ4v) is 2.33. The summed E-state index contributed by atoms with van der Waals surface area (Å²) in [5.41, 5.74) is 0.0769. The van der Waals surface area contributed by atoms with E-state index in [1.165, 1.54) is 6.07 Å².